The lowest BCUT2D eigenvalue weighted by Crippen LogP contribution is -2.50. The summed E-state index contributed by atoms with van der Waals surface area (Å²) in [5.41, 5.74) is -0.780. The molecule has 1 aromatic carbocycles. The van der Waals surface area contributed by atoms with E-state index in [0.29, 0.717) is 18.8 Å². The van der Waals surface area contributed by atoms with Crippen molar-refractivity contribution in [3.05, 3.63) is 29.3 Å². The zero-order chi connectivity index (χ0) is 19.7. The van der Waals surface area contributed by atoms with Crippen molar-refractivity contribution >= 4 is 21.9 Å². The first-order valence-corrected chi connectivity index (χ1v) is 9.63. The first-order valence-electron chi connectivity index (χ1n) is 8.19. The summed E-state index contributed by atoms with van der Waals surface area (Å²) in [5, 5.41) is 9.30. The summed E-state index contributed by atoms with van der Waals surface area (Å²) >= 11 is 0. The molecule has 0 spiro atoms. The maximum atomic E-state index is 12.9. The Kier molecular flexibility index (Phi) is 5.74. The molecule has 9 heteroatoms. The molecule has 26 heavy (non-hydrogen) atoms. The smallest absolute Gasteiger partial charge is 0.329 e. The molecule has 1 amide bonds. The van der Waals surface area contributed by atoms with Gasteiger partial charge in [-0.3, -0.25) is 4.79 Å². The molecular weight excluding hydrogens is 360 g/mol. The number of carbonyl (C=O) groups is 2. The van der Waals surface area contributed by atoms with Crippen LogP contribution in [0.15, 0.2) is 23.1 Å². The van der Waals surface area contributed by atoms with Gasteiger partial charge in [-0.1, -0.05) is 6.07 Å². The zero-order valence-electron chi connectivity index (χ0n) is 15.4. The van der Waals surface area contributed by atoms with Gasteiger partial charge in [-0.2, -0.15) is 4.31 Å². The number of morpholine rings is 1. The van der Waals surface area contributed by atoms with Crippen LogP contribution in [0.3, 0.4) is 0 Å². The second-order valence-electron chi connectivity index (χ2n) is 6.73. The Balaban J connectivity index is 2.41. The van der Waals surface area contributed by atoms with Crippen molar-refractivity contribution < 1.29 is 27.9 Å². The highest BCUT2D eigenvalue weighted by atomic mass is 32.2. The second-order valence-corrected chi connectivity index (χ2v) is 8.63. The Morgan fingerprint density at radius 3 is 2.35 bits per heavy atom. The van der Waals surface area contributed by atoms with Gasteiger partial charge in [0.2, 0.25) is 10.0 Å². The summed E-state index contributed by atoms with van der Waals surface area (Å²) in [6.07, 6.45) is 0. The average molecular weight is 384 g/mol. The normalized spacial score (nSPS) is 16.3. The number of likely N-dealkylation sites (N-methyl/N-ethyl adjacent to an activating group) is 1. The third-order valence-corrected chi connectivity index (χ3v) is 6.73. The number of sulfonamides is 1. The standard InChI is InChI=1S/C17H24N2O6S/c1-12-5-6-13(15(20)18(4)17(2,3)16(21)22)11-14(12)26(23,24)19-7-9-25-10-8-19/h5-6,11H,7-10H2,1-4H3,(H,21,22). The largest absolute Gasteiger partial charge is 0.480 e. The summed E-state index contributed by atoms with van der Waals surface area (Å²) in [7, 11) is -2.38. The van der Waals surface area contributed by atoms with Crippen molar-refractivity contribution in [2.45, 2.75) is 31.2 Å². The number of aryl methyl sites for hydroxylation is 1. The van der Waals surface area contributed by atoms with Crippen LogP contribution in [0.4, 0.5) is 0 Å². The molecule has 144 valence electrons. The van der Waals surface area contributed by atoms with E-state index in [1.807, 2.05) is 0 Å². The summed E-state index contributed by atoms with van der Waals surface area (Å²) < 4.78 is 32.3. The molecular formula is C17H24N2O6S. The number of hydrogen-bond acceptors (Lipinski definition) is 5. The number of nitrogens with zero attached hydrogens (tertiary/aromatic N) is 2. The fraction of sp³-hybridized carbons (Fsp3) is 0.529. The summed E-state index contributed by atoms with van der Waals surface area (Å²) in [6, 6.07) is 4.38. The monoisotopic (exact) mass is 384 g/mol. The number of ether oxygens (including phenoxy) is 1. The number of amides is 1. The number of hydrogen-bond donors (Lipinski definition) is 1. The van der Waals surface area contributed by atoms with E-state index >= 15 is 0 Å². The van der Waals surface area contributed by atoms with Crippen LogP contribution in [-0.2, 0) is 19.6 Å². The fourth-order valence-corrected chi connectivity index (χ4v) is 4.19. The van der Waals surface area contributed by atoms with Crippen LogP contribution < -0.4 is 0 Å². The summed E-state index contributed by atoms with van der Waals surface area (Å²) in [4.78, 5) is 25.2. The summed E-state index contributed by atoms with van der Waals surface area (Å²) in [6.45, 7) is 5.64. The minimum atomic E-state index is -3.76. The van der Waals surface area contributed by atoms with Gasteiger partial charge >= 0.3 is 5.97 Å². The van der Waals surface area contributed by atoms with Gasteiger partial charge in [-0.05, 0) is 38.5 Å². The number of rotatable bonds is 5. The van der Waals surface area contributed by atoms with Crippen molar-refractivity contribution in [2.75, 3.05) is 33.4 Å². The van der Waals surface area contributed by atoms with E-state index in [2.05, 4.69) is 0 Å². The second kappa shape index (κ2) is 7.34. The van der Waals surface area contributed by atoms with Gasteiger partial charge in [-0.15, -0.1) is 0 Å². The van der Waals surface area contributed by atoms with E-state index in [4.69, 9.17) is 4.74 Å². The number of carboxylic acids is 1. The van der Waals surface area contributed by atoms with Gasteiger partial charge in [0.15, 0.2) is 0 Å². The van der Waals surface area contributed by atoms with E-state index in [-0.39, 0.29) is 23.5 Å². The molecule has 8 nitrogen and oxygen atoms in total. The lowest BCUT2D eigenvalue weighted by molar-refractivity contribution is -0.147. The molecule has 1 aliphatic rings. The Morgan fingerprint density at radius 1 is 1.23 bits per heavy atom. The maximum Gasteiger partial charge on any atom is 0.329 e. The number of carboxylic acid groups (broad SMARTS) is 1. The van der Waals surface area contributed by atoms with E-state index in [0.717, 1.165) is 4.90 Å². The molecule has 1 aromatic rings. The quantitative estimate of drug-likeness (QED) is 0.811. The Morgan fingerprint density at radius 2 is 1.81 bits per heavy atom. The topological polar surface area (TPSA) is 104 Å². The van der Waals surface area contributed by atoms with Crippen molar-refractivity contribution in [1.29, 1.82) is 0 Å². The van der Waals surface area contributed by atoms with Crippen molar-refractivity contribution in [3.8, 4) is 0 Å². The molecule has 2 rings (SSSR count). The molecule has 0 unspecified atom stereocenters. The predicted octanol–water partition coefficient (Wildman–Crippen LogP) is 0.951. The highest BCUT2D eigenvalue weighted by molar-refractivity contribution is 7.89. The molecule has 1 aliphatic heterocycles. The molecule has 0 atom stereocenters. The highest BCUT2D eigenvalue weighted by Crippen LogP contribution is 2.24. The molecule has 0 saturated carbocycles. The summed E-state index contributed by atoms with van der Waals surface area (Å²) in [5.74, 6) is -1.71. The van der Waals surface area contributed by atoms with Gasteiger partial charge in [0.25, 0.3) is 5.91 Å². The number of carbonyl (C=O) groups excluding carboxylic acids is 1. The van der Waals surface area contributed by atoms with Crippen LogP contribution in [0.5, 0.6) is 0 Å². The van der Waals surface area contributed by atoms with Crippen LogP contribution >= 0.6 is 0 Å². The van der Waals surface area contributed by atoms with Crippen LogP contribution in [0.1, 0.15) is 29.8 Å². The molecule has 0 bridgehead atoms. The van der Waals surface area contributed by atoms with E-state index in [1.165, 1.54) is 37.3 Å². The van der Waals surface area contributed by atoms with Crippen molar-refractivity contribution in [2.24, 2.45) is 0 Å². The van der Waals surface area contributed by atoms with Crippen molar-refractivity contribution in [3.63, 3.8) is 0 Å². The lowest BCUT2D eigenvalue weighted by atomic mass is 10.0. The van der Waals surface area contributed by atoms with Gasteiger partial charge in [0, 0.05) is 25.7 Å². The van der Waals surface area contributed by atoms with Gasteiger partial charge in [0.1, 0.15) is 5.54 Å². The maximum absolute atomic E-state index is 12.9. The van der Waals surface area contributed by atoms with Gasteiger partial charge in [0.05, 0.1) is 18.1 Å². The zero-order valence-corrected chi connectivity index (χ0v) is 16.2. The Bertz CT molecular complexity index is 813. The van der Waals surface area contributed by atoms with Gasteiger partial charge in [-0.25, -0.2) is 13.2 Å². The lowest BCUT2D eigenvalue weighted by Gasteiger charge is -2.32. The third-order valence-electron chi connectivity index (χ3n) is 4.69. The molecule has 1 saturated heterocycles. The molecule has 1 heterocycles. The van der Waals surface area contributed by atoms with Crippen LogP contribution in [0.2, 0.25) is 0 Å². The average Bonchev–Trinajstić information content (AvgIpc) is 2.61. The first kappa shape index (κ1) is 20.3. The molecule has 1 N–H and O–H groups in total. The fourth-order valence-electron chi connectivity index (χ4n) is 2.53. The van der Waals surface area contributed by atoms with Crippen molar-refractivity contribution in [1.82, 2.24) is 9.21 Å². The SMILES string of the molecule is Cc1ccc(C(=O)N(C)C(C)(C)C(=O)O)cc1S(=O)(=O)N1CCOCC1. The van der Waals surface area contributed by atoms with Crippen LogP contribution in [0, 0.1) is 6.92 Å². The minimum absolute atomic E-state index is 0.0479. The predicted molar refractivity (Wildman–Crippen MR) is 94.6 cm³/mol. The van der Waals surface area contributed by atoms with E-state index in [1.54, 1.807) is 13.0 Å². The van der Waals surface area contributed by atoms with Crippen LogP contribution in [0.25, 0.3) is 0 Å². The van der Waals surface area contributed by atoms with E-state index in [9.17, 15) is 23.1 Å². The minimum Gasteiger partial charge on any atom is -0.480 e. The molecule has 0 aromatic heterocycles. The molecule has 0 aliphatic carbocycles. The molecule has 0 radical (unpaired) electrons. The Labute approximate surface area is 153 Å². The van der Waals surface area contributed by atoms with Gasteiger partial charge < -0.3 is 14.7 Å². The molecule has 1 fully saturated rings. The highest BCUT2D eigenvalue weighted by Gasteiger charge is 2.36. The third kappa shape index (κ3) is 3.74. The Hall–Kier alpha value is -1.97. The number of benzene rings is 1. The van der Waals surface area contributed by atoms with E-state index < -0.39 is 27.4 Å². The number of aliphatic carboxylic acids is 1. The first-order chi connectivity index (χ1) is 12.0. The van der Waals surface area contributed by atoms with Crippen LogP contribution in [-0.4, -0.2) is 73.5 Å².